The molecule has 0 heterocycles. The van der Waals surface area contributed by atoms with E-state index in [9.17, 15) is 59.3 Å². The first-order valence-electron chi connectivity index (χ1n) is 14.5. The lowest BCUT2D eigenvalue weighted by Crippen LogP contribution is -2.45. The monoisotopic (exact) mass is 780 g/mol. The summed E-state index contributed by atoms with van der Waals surface area (Å²) < 4.78 is 140. The molecule has 0 aromatic rings. The maximum absolute atomic E-state index is 12.4. The second-order valence-corrected chi connectivity index (χ2v) is 10.8. The first-order chi connectivity index (χ1) is 24.1. The maximum Gasteiger partial charge on any atom is 0.424 e. The maximum atomic E-state index is 12.4. The molecule has 0 aromatic carbocycles. The van der Waals surface area contributed by atoms with Crippen LogP contribution in [0.1, 0.15) is 0 Å². The molecule has 53 heavy (non-hydrogen) atoms. The SMILES string of the molecule is COC1(OC)C=CC(=O)C=C1.COC1(OC)C=CC(O)(C(F)(F)F)C=C1.COC1(OC)C=CC(O)(C(F)(F)F)C=C1.O=C1C=CC(O)(C(F)(F)F)C=C1. The number of ketones is 2. The number of methoxy groups -OCH3 is 6. The molecule has 0 saturated heterocycles. The van der Waals surface area contributed by atoms with Crippen molar-refractivity contribution in [3.63, 3.8) is 0 Å². The van der Waals surface area contributed by atoms with Gasteiger partial charge in [-0.3, -0.25) is 9.59 Å². The van der Waals surface area contributed by atoms with Crippen molar-refractivity contribution in [2.24, 2.45) is 0 Å². The van der Waals surface area contributed by atoms with Crippen LogP contribution >= 0.6 is 0 Å². The van der Waals surface area contributed by atoms with Gasteiger partial charge in [0.05, 0.1) is 0 Å². The molecule has 20 heteroatoms. The van der Waals surface area contributed by atoms with Crippen LogP contribution in [-0.2, 0) is 38.0 Å². The Hall–Kier alpha value is -3.73. The number of rotatable bonds is 6. The fraction of sp³-hybridized carbons (Fsp3) is 0.455. The van der Waals surface area contributed by atoms with E-state index in [-0.39, 0.29) is 5.78 Å². The minimum Gasteiger partial charge on any atom is -0.373 e. The van der Waals surface area contributed by atoms with Gasteiger partial charge in [-0.1, -0.05) is 0 Å². The van der Waals surface area contributed by atoms with Gasteiger partial charge in [0.25, 0.3) is 0 Å². The standard InChI is InChI=1S/2C9H11F3O3.C8H10O3.C7H5F3O2/c2*1-14-8(15-2)5-3-7(13,4-6-8)9(10,11)12;1-10-8(11-2)5-3-7(9)4-6-8;8-7(9,10)6(12)3-1-5(11)2-4-6/h2*3-6,13H,1-2H3;3-6H,1-2H3;1-4,12H. The molecule has 0 spiro atoms. The lowest BCUT2D eigenvalue weighted by molar-refractivity contribution is -0.224. The molecule has 0 radical (unpaired) electrons. The van der Waals surface area contributed by atoms with Crippen LogP contribution < -0.4 is 0 Å². The highest BCUT2D eigenvalue weighted by molar-refractivity contribution is 6.01. The van der Waals surface area contributed by atoms with Crippen LogP contribution in [0.3, 0.4) is 0 Å². The van der Waals surface area contributed by atoms with Gasteiger partial charge in [0.1, 0.15) is 0 Å². The molecule has 4 rings (SSSR count). The lowest BCUT2D eigenvalue weighted by atomic mass is 9.95. The fourth-order valence-corrected chi connectivity index (χ4v) is 3.87. The normalized spacial score (nSPS) is 22.2. The van der Waals surface area contributed by atoms with Gasteiger partial charge < -0.3 is 43.7 Å². The Bertz CT molecular complexity index is 1380. The zero-order valence-electron chi connectivity index (χ0n) is 28.7. The number of hydrogen-bond acceptors (Lipinski definition) is 11. The third-order valence-electron chi connectivity index (χ3n) is 7.52. The summed E-state index contributed by atoms with van der Waals surface area (Å²) in [6.07, 6.45) is 0.389. The van der Waals surface area contributed by atoms with E-state index in [2.05, 4.69) is 0 Å². The van der Waals surface area contributed by atoms with Gasteiger partial charge in [-0.05, 0) is 97.2 Å². The van der Waals surface area contributed by atoms with Gasteiger partial charge in [-0.15, -0.1) is 0 Å². The minimum absolute atomic E-state index is 0.0466. The molecular weight excluding hydrogens is 743 g/mol. The van der Waals surface area contributed by atoms with E-state index in [1.54, 1.807) is 12.2 Å². The number of carbonyl (C=O) groups excluding carboxylic acids is 2. The zero-order chi connectivity index (χ0) is 41.2. The average Bonchev–Trinajstić information content (AvgIpc) is 3.11. The highest BCUT2D eigenvalue weighted by atomic mass is 19.4. The van der Waals surface area contributed by atoms with Crippen LogP contribution in [0.15, 0.2) is 97.2 Å². The van der Waals surface area contributed by atoms with Crippen molar-refractivity contribution in [1.29, 1.82) is 0 Å². The van der Waals surface area contributed by atoms with E-state index in [1.165, 1.54) is 54.8 Å². The molecule has 0 bridgehead atoms. The lowest BCUT2D eigenvalue weighted by Gasteiger charge is -2.32. The number of alkyl halides is 9. The van der Waals surface area contributed by atoms with Crippen LogP contribution in [0.5, 0.6) is 0 Å². The van der Waals surface area contributed by atoms with Gasteiger partial charge in [0.2, 0.25) is 17.4 Å². The summed E-state index contributed by atoms with van der Waals surface area (Å²) in [7, 11) is 8.19. The quantitative estimate of drug-likeness (QED) is 0.200. The molecule has 0 aliphatic heterocycles. The van der Waals surface area contributed by atoms with Crippen molar-refractivity contribution in [3.8, 4) is 0 Å². The summed E-state index contributed by atoms with van der Waals surface area (Å²) in [5.41, 5.74) is -8.89. The number of halogens is 9. The molecule has 4 aliphatic carbocycles. The van der Waals surface area contributed by atoms with Gasteiger partial charge >= 0.3 is 18.5 Å². The smallest absolute Gasteiger partial charge is 0.373 e. The van der Waals surface area contributed by atoms with Crippen molar-refractivity contribution >= 4 is 11.6 Å². The van der Waals surface area contributed by atoms with E-state index in [4.69, 9.17) is 33.5 Å². The summed E-state index contributed by atoms with van der Waals surface area (Å²) in [4.78, 5) is 21.1. The number of carbonyl (C=O) groups is 2. The molecular formula is C33H37F9O11. The Morgan fingerprint density at radius 1 is 0.377 bits per heavy atom. The number of allylic oxidation sites excluding steroid dienone is 4. The van der Waals surface area contributed by atoms with Gasteiger partial charge in [0.15, 0.2) is 28.4 Å². The predicted octanol–water partition coefficient (Wildman–Crippen LogP) is 4.44. The van der Waals surface area contributed by atoms with Crippen LogP contribution in [0, 0.1) is 0 Å². The second-order valence-electron chi connectivity index (χ2n) is 10.8. The molecule has 4 aliphatic rings. The number of aliphatic hydroxyl groups is 3. The highest BCUT2D eigenvalue weighted by Gasteiger charge is 2.54. The summed E-state index contributed by atoms with van der Waals surface area (Å²) in [6, 6.07) is 0. The molecule has 0 fully saturated rings. The molecule has 0 unspecified atom stereocenters. The Kier molecular flexibility index (Phi) is 15.7. The third-order valence-corrected chi connectivity index (χ3v) is 7.52. The highest BCUT2D eigenvalue weighted by Crippen LogP contribution is 2.38. The van der Waals surface area contributed by atoms with E-state index < -0.39 is 58.5 Å². The topological polar surface area (TPSA) is 150 Å². The fourth-order valence-electron chi connectivity index (χ4n) is 3.87. The molecule has 0 aromatic heterocycles. The minimum atomic E-state index is -4.78. The summed E-state index contributed by atoms with van der Waals surface area (Å²) in [5, 5.41) is 27.3. The van der Waals surface area contributed by atoms with Gasteiger partial charge in [-0.2, -0.15) is 39.5 Å². The van der Waals surface area contributed by atoms with Crippen LogP contribution in [0.2, 0.25) is 0 Å². The van der Waals surface area contributed by atoms with Crippen molar-refractivity contribution in [2.45, 2.75) is 52.7 Å². The molecule has 0 amide bonds. The Balaban J connectivity index is 0.000000356. The average molecular weight is 781 g/mol. The van der Waals surface area contributed by atoms with Crippen LogP contribution in [0.25, 0.3) is 0 Å². The predicted molar refractivity (Wildman–Crippen MR) is 166 cm³/mol. The molecule has 0 saturated carbocycles. The Labute approximate surface area is 297 Å². The van der Waals surface area contributed by atoms with Crippen molar-refractivity contribution in [2.75, 3.05) is 42.7 Å². The summed E-state index contributed by atoms with van der Waals surface area (Å²) >= 11 is 0. The van der Waals surface area contributed by atoms with Crippen molar-refractivity contribution in [3.05, 3.63) is 97.2 Å². The number of ether oxygens (including phenoxy) is 6. The molecule has 298 valence electrons. The molecule has 3 N–H and O–H groups in total. The van der Waals surface area contributed by atoms with Gasteiger partial charge in [0, 0.05) is 42.7 Å². The van der Waals surface area contributed by atoms with Gasteiger partial charge in [-0.25, -0.2) is 0 Å². The number of hydrogen-bond donors (Lipinski definition) is 3. The molecule has 0 atom stereocenters. The van der Waals surface area contributed by atoms with E-state index >= 15 is 0 Å². The largest absolute Gasteiger partial charge is 0.424 e. The van der Waals surface area contributed by atoms with E-state index in [1.807, 2.05) is 0 Å². The zero-order valence-corrected chi connectivity index (χ0v) is 28.7. The van der Waals surface area contributed by atoms with E-state index in [0.717, 1.165) is 24.3 Å². The summed E-state index contributed by atoms with van der Waals surface area (Å²) in [5.74, 6) is -4.12. The van der Waals surface area contributed by atoms with Crippen LogP contribution in [-0.4, -0.2) is 122 Å². The first-order valence-corrected chi connectivity index (χ1v) is 14.5. The van der Waals surface area contributed by atoms with Crippen molar-refractivity contribution < 1.29 is 92.8 Å². The third kappa shape index (κ3) is 11.9. The van der Waals surface area contributed by atoms with Crippen molar-refractivity contribution in [1.82, 2.24) is 0 Å². The molecule has 11 nitrogen and oxygen atoms in total. The summed E-state index contributed by atoms with van der Waals surface area (Å²) in [6.45, 7) is 0. The Morgan fingerprint density at radius 2 is 0.566 bits per heavy atom. The van der Waals surface area contributed by atoms with Crippen LogP contribution in [0.4, 0.5) is 39.5 Å². The van der Waals surface area contributed by atoms with E-state index in [0.29, 0.717) is 48.6 Å². The first kappa shape index (κ1) is 47.3. The second kappa shape index (κ2) is 17.6. The Morgan fingerprint density at radius 3 is 0.774 bits per heavy atom.